The molecule has 1 saturated heterocycles. The number of hydrogen-bond donors (Lipinski definition) is 1. The number of oxime groups is 1. The summed E-state index contributed by atoms with van der Waals surface area (Å²) in [4.78, 5) is 46.6. The topological polar surface area (TPSA) is 115 Å². The number of aliphatic hydroxyl groups excluding tert-OH is 1. The molecule has 11 heteroatoms. The van der Waals surface area contributed by atoms with Crippen LogP contribution in [0.2, 0.25) is 0 Å². The van der Waals surface area contributed by atoms with Crippen LogP contribution in [0.4, 0.5) is 4.39 Å². The van der Waals surface area contributed by atoms with Crippen molar-refractivity contribution >= 4 is 11.6 Å². The van der Waals surface area contributed by atoms with E-state index in [-0.39, 0.29) is 53.7 Å². The van der Waals surface area contributed by atoms with Gasteiger partial charge in [0.1, 0.15) is 23.8 Å². The largest absolute Gasteiger partial charge is 0.496 e. The molecule has 0 saturated carbocycles. The summed E-state index contributed by atoms with van der Waals surface area (Å²) in [5.74, 6) is -0.549. The maximum atomic E-state index is 13.9. The molecule has 0 aliphatic carbocycles. The third-order valence-corrected chi connectivity index (χ3v) is 6.34. The van der Waals surface area contributed by atoms with Gasteiger partial charge in [-0.25, -0.2) is 9.18 Å². The maximum Gasteiger partial charge on any atom is 0.331 e. The number of rotatable bonds is 10. The van der Waals surface area contributed by atoms with Crippen LogP contribution in [-0.2, 0) is 22.7 Å². The quantitative estimate of drug-likeness (QED) is 0.287. The lowest BCUT2D eigenvalue weighted by Crippen LogP contribution is -2.48. The third-order valence-electron chi connectivity index (χ3n) is 6.34. The molecule has 10 nitrogen and oxygen atoms in total. The van der Waals surface area contributed by atoms with E-state index < -0.39 is 23.2 Å². The predicted molar refractivity (Wildman–Crippen MR) is 141 cm³/mol. The molecule has 1 amide bonds. The number of likely N-dealkylation sites (tertiary alicyclic amines) is 1. The fourth-order valence-electron chi connectivity index (χ4n) is 4.43. The number of carbonyl (C=O) groups excluding carboxylic acids is 1. The predicted octanol–water partition coefficient (Wildman–Crippen LogP) is 2.61. The molecule has 3 rings (SSSR count). The minimum absolute atomic E-state index is 0.0395. The van der Waals surface area contributed by atoms with Crippen LogP contribution >= 0.6 is 0 Å². The second kappa shape index (κ2) is 12.2. The van der Waals surface area contributed by atoms with Crippen molar-refractivity contribution in [3.63, 3.8) is 0 Å². The maximum absolute atomic E-state index is 13.9. The van der Waals surface area contributed by atoms with Crippen molar-refractivity contribution in [2.24, 2.45) is 5.16 Å². The fourth-order valence-corrected chi connectivity index (χ4v) is 4.43. The van der Waals surface area contributed by atoms with Gasteiger partial charge in [0.05, 0.1) is 37.5 Å². The van der Waals surface area contributed by atoms with Crippen molar-refractivity contribution in [2.45, 2.75) is 71.9 Å². The molecule has 2 aromatic rings. The number of hydrogen-bond acceptors (Lipinski definition) is 7. The molecule has 2 atom stereocenters. The SMILES string of the molecule is C=C(C)C(=O)N1CCC[C@H]1Cn1c(=O)c(/C(C)=N/OC(C)C)cn(CC(O)c2cc(F)ccc2OC)c1=O. The van der Waals surface area contributed by atoms with Crippen LogP contribution in [0.3, 0.4) is 0 Å². The number of benzene rings is 1. The van der Waals surface area contributed by atoms with Crippen molar-refractivity contribution in [3.8, 4) is 5.75 Å². The first kappa shape index (κ1) is 28.8. The van der Waals surface area contributed by atoms with Crippen LogP contribution in [-0.4, -0.2) is 56.6 Å². The Morgan fingerprint density at radius 2 is 2.00 bits per heavy atom. The summed E-state index contributed by atoms with van der Waals surface area (Å²) in [6.45, 7) is 10.7. The standard InChI is InChI=1S/C27H35FN4O6/c1-16(2)25(34)31-11-7-8-20(31)13-32-26(35)22(18(5)29-38-17(3)4)14-30(27(32)36)15-23(33)21-12-19(28)9-10-24(21)37-6/h9-10,12,14,17,20,23,33H,1,7-8,11,13,15H2,2-6H3/b29-18+/t20-,23?/m0/s1. The van der Waals surface area contributed by atoms with Gasteiger partial charge in [-0.05, 0) is 58.7 Å². The molecular formula is C27H35FN4O6. The number of halogens is 1. The molecule has 1 N–H and O–H groups in total. The Morgan fingerprint density at radius 3 is 2.63 bits per heavy atom. The van der Waals surface area contributed by atoms with Gasteiger partial charge in [-0.1, -0.05) is 11.7 Å². The first-order valence-corrected chi connectivity index (χ1v) is 12.5. The summed E-state index contributed by atoms with van der Waals surface area (Å²) in [6, 6.07) is 3.34. The molecule has 1 aromatic carbocycles. The fraction of sp³-hybridized carbons (Fsp3) is 0.481. The van der Waals surface area contributed by atoms with Crippen molar-refractivity contribution in [1.29, 1.82) is 0 Å². The van der Waals surface area contributed by atoms with Crippen molar-refractivity contribution in [2.75, 3.05) is 13.7 Å². The zero-order valence-electron chi connectivity index (χ0n) is 22.4. The molecule has 1 unspecified atom stereocenters. The van der Waals surface area contributed by atoms with Crippen LogP contribution in [0.15, 0.2) is 51.3 Å². The van der Waals surface area contributed by atoms with Gasteiger partial charge in [0.25, 0.3) is 5.56 Å². The third kappa shape index (κ3) is 6.39. The number of carbonyl (C=O) groups is 1. The summed E-state index contributed by atoms with van der Waals surface area (Å²) < 4.78 is 21.4. The highest BCUT2D eigenvalue weighted by molar-refractivity contribution is 5.97. The molecule has 0 radical (unpaired) electrons. The average Bonchev–Trinajstić information content (AvgIpc) is 3.34. The molecule has 1 aliphatic rings. The minimum atomic E-state index is -1.32. The molecule has 1 aliphatic heterocycles. The van der Waals surface area contributed by atoms with Crippen LogP contribution in [0, 0.1) is 5.82 Å². The van der Waals surface area contributed by atoms with E-state index in [9.17, 15) is 23.9 Å². The number of ether oxygens (including phenoxy) is 1. The lowest BCUT2D eigenvalue weighted by molar-refractivity contribution is -0.128. The smallest absolute Gasteiger partial charge is 0.331 e. The number of nitrogens with zero attached hydrogens (tertiary/aromatic N) is 4. The summed E-state index contributed by atoms with van der Waals surface area (Å²) in [6.07, 6.45) is 1.09. The van der Waals surface area contributed by atoms with Gasteiger partial charge < -0.3 is 19.6 Å². The Bertz CT molecular complexity index is 1350. The number of aromatic nitrogens is 2. The molecule has 2 heterocycles. The molecule has 0 bridgehead atoms. The molecule has 38 heavy (non-hydrogen) atoms. The van der Waals surface area contributed by atoms with Crippen molar-refractivity contribution < 1.29 is 23.9 Å². The zero-order chi connectivity index (χ0) is 28.1. The Morgan fingerprint density at radius 1 is 1.29 bits per heavy atom. The first-order valence-electron chi connectivity index (χ1n) is 12.5. The van der Waals surface area contributed by atoms with Gasteiger partial charge >= 0.3 is 5.69 Å². The monoisotopic (exact) mass is 530 g/mol. The van der Waals surface area contributed by atoms with E-state index in [0.717, 1.165) is 17.1 Å². The normalized spacial score (nSPS) is 16.6. The first-order chi connectivity index (χ1) is 17.9. The van der Waals surface area contributed by atoms with Gasteiger partial charge in [0.2, 0.25) is 5.91 Å². The average molecular weight is 531 g/mol. The summed E-state index contributed by atoms with van der Waals surface area (Å²) in [7, 11) is 1.39. The van der Waals surface area contributed by atoms with E-state index in [2.05, 4.69) is 11.7 Å². The van der Waals surface area contributed by atoms with Crippen LogP contribution in [0.5, 0.6) is 5.75 Å². The summed E-state index contributed by atoms with van der Waals surface area (Å²) in [5, 5.41) is 15.0. The van der Waals surface area contributed by atoms with Gasteiger partial charge in [0.15, 0.2) is 0 Å². The Kier molecular flexibility index (Phi) is 9.26. The van der Waals surface area contributed by atoms with E-state index in [1.165, 1.54) is 30.0 Å². The highest BCUT2D eigenvalue weighted by atomic mass is 19.1. The summed E-state index contributed by atoms with van der Waals surface area (Å²) >= 11 is 0. The molecule has 0 spiro atoms. The van der Waals surface area contributed by atoms with Crippen LogP contribution in [0.1, 0.15) is 57.8 Å². The van der Waals surface area contributed by atoms with Gasteiger partial charge in [-0.2, -0.15) is 0 Å². The number of methoxy groups -OCH3 is 1. The van der Waals surface area contributed by atoms with Crippen LogP contribution in [0.25, 0.3) is 0 Å². The van der Waals surface area contributed by atoms with E-state index in [0.29, 0.717) is 18.5 Å². The second-order valence-electron chi connectivity index (χ2n) is 9.70. The molecular weight excluding hydrogens is 495 g/mol. The minimum Gasteiger partial charge on any atom is -0.496 e. The Hall–Kier alpha value is -3.73. The molecule has 1 fully saturated rings. The highest BCUT2D eigenvalue weighted by Crippen LogP contribution is 2.27. The van der Waals surface area contributed by atoms with Crippen molar-refractivity contribution in [3.05, 3.63) is 74.3 Å². The van der Waals surface area contributed by atoms with E-state index in [1.807, 2.05) is 0 Å². The Balaban J connectivity index is 2.09. The van der Waals surface area contributed by atoms with Crippen molar-refractivity contribution in [1.82, 2.24) is 14.0 Å². The van der Waals surface area contributed by atoms with E-state index in [4.69, 9.17) is 9.57 Å². The zero-order valence-corrected chi connectivity index (χ0v) is 22.4. The number of amides is 1. The molecule has 206 valence electrons. The second-order valence-corrected chi connectivity index (χ2v) is 9.70. The van der Waals surface area contributed by atoms with Crippen LogP contribution < -0.4 is 16.0 Å². The van der Waals surface area contributed by atoms with Gasteiger partial charge in [-0.3, -0.25) is 18.7 Å². The summed E-state index contributed by atoms with van der Waals surface area (Å²) in [5.41, 5.74) is -0.407. The number of aliphatic hydroxyl groups is 1. The van der Waals surface area contributed by atoms with Gasteiger partial charge in [-0.15, -0.1) is 0 Å². The molecule has 1 aromatic heterocycles. The van der Waals surface area contributed by atoms with E-state index >= 15 is 0 Å². The lowest BCUT2D eigenvalue weighted by Gasteiger charge is -2.26. The van der Waals surface area contributed by atoms with Gasteiger partial charge in [0, 0.05) is 23.9 Å². The van der Waals surface area contributed by atoms with E-state index in [1.54, 1.807) is 32.6 Å². The Labute approximate surface area is 220 Å². The lowest BCUT2D eigenvalue weighted by atomic mass is 10.1. The highest BCUT2D eigenvalue weighted by Gasteiger charge is 2.31.